The Labute approximate surface area is 156 Å². The molecule has 1 amide bonds. The van der Waals surface area contributed by atoms with E-state index in [0.717, 1.165) is 10.7 Å². The van der Waals surface area contributed by atoms with Crippen molar-refractivity contribution in [3.63, 3.8) is 0 Å². The van der Waals surface area contributed by atoms with Crippen LogP contribution >= 0.6 is 11.3 Å². The van der Waals surface area contributed by atoms with Crippen molar-refractivity contribution in [3.8, 4) is 5.75 Å². The minimum Gasteiger partial charge on any atom is -0.488 e. The van der Waals surface area contributed by atoms with Crippen molar-refractivity contribution in [1.29, 1.82) is 0 Å². The molecule has 1 aromatic carbocycles. The van der Waals surface area contributed by atoms with E-state index >= 15 is 0 Å². The predicted octanol–water partition coefficient (Wildman–Crippen LogP) is 3.68. The van der Waals surface area contributed by atoms with E-state index in [9.17, 15) is 9.18 Å². The minimum atomic E-state index is -0.350. The van der Waals surface area contributed by atoms with Gasteiger partial charge in [-0.1, -0.05) is 19.9 Å². The number of thiazole rings is 1. The van der Waals surface area contributed by atoms with Crippen LogP contribution < -0.4 is 10.1 Å². The Balaban J connectivity index is 1.71. The fourth-order valence-electron chi connectivity index (χ4n) is 2.82. The summed E-state index contributed by atoms with van der Waals surface area (Å²) in [5, 5.41) is 3.95. The topological polar surface area (TPSA) is 60.5 Å². The van der Waals surface area contributed by atoms with Crippen molar-refractivity contribution in [2.45, 2.75) is 45.3 Å². The molecule has 1 N–H and O–H groups in total. The number of benzene rings is 1. The Morgan fingerprint density at radius 3 is 2.96 bits per heavy atom. The molecule has 0 saturated carbocycles. The van der Waals surface area contributed by atoms with Crippen molar-refractivity contribution in [3.05, 3.63) is 45.7 Å². The van der Waals surface area contributed by atoms with Crippen molar-refractivity contribution in [2.24, 2.45) is 0 Å². The summed E-state index contributed by atoms with van der Waals surface area (Å²) in [5.41, 5.74) is 0.732. The van der Waals surface area contributed by atoms with Gasteiger partial charge < -0.3 is 14.8 Å². The molecular weight excluding hydrogens is 355 g/mol. The predicted molar refractivity (Wildman–Crippen MR) is 98.4 cm³/mol. The summed E-state index contributed by atoms with van der Waals surface area (Å²) in [7, 11) is 0. The van der Waals surface area contributed by atoms with Crippen molar-refractivity contribution >= 4 is 17.2 Å². The number of aromatic nitrogens is 1. The summed E-state index contributed by atoms with van der Waals surface area (Å²) in [6.07, 6.45) is 0.354. The highest BCUT2D eigenvalue weighted by Gasteiger charge is 2.30. The number of aryl methyl sites for hydroxylation is 1. The number of amides is 1. The van der Waals surface area contributed by atoms with Gasteiger partial charge in [-0.2, -0.15) is 0 Å². The summed E-state index contributed by atoms with van der Waals surface area (Å²) in [6.45, 7) is 6.86. The SMILES string of the molecule is Cc1nc(C(C)C)sc1C(=O)NC1COCCC1Oc1cccc(F)c1. The van der Waals surface area contributed by atoms with E-state index in [-0.39, 0.29) is 29.8 Å². The first-order valence-corrected chi connectivity index (χ1v) is 9.54. The van der Waals surface area contributed by atoms with E-state index in [1.54, 1.807) is 12.1 Å². The molecule has 1 aliphatic rings. The minimum absolute atomic E-state index is 0.171. The van der Waals surface area contributed by atoms with Crippen molar-refractivity contribution in [2.75, 3.05) is 13.2 Å². The molecule has 0 spiro atoms. The van der Waals surface area contributed by atoms with E-state index in [4.69, 9.17) is 9.47 Å². The van der Waals surface area contributed by atoms with Gasteiger partial charge in [0.1, 0.15) is 22.5 Å². The van der Waals surface area contributed by atoms with E-state index in [1.165, 1.54) is 23.5 Å². The molecule has 0 aliphatic carbocycles. The zero-order valence-electron chi connectivity index (χ0n) is 15.1. The highest BCUT2D eigenvalue weighted by molar-refractivity contribution is 7.13. The van der Waals surface area contributed by atoms with Crippen LogP contribution in [0.15, 0.2) is 24.3 Å². The van der Waals surface area contributed by atoms with Crippen LogP contribution in [-0.2, 0) is 4.74 Å². The molecule has 1 saturated heterocycles. The van der Waals surface area contributed by atoms with E-state index < -0.39 is 0 Å². The quantitative estimate of drug-likeness (QED) is 0.862. The Kier molecular flexibility index (Phi) is 5.88. The molecular formula is C19H23FN2O3S. The summed E-state index contributed by atoms with van der Waals surface area (Å²) in [6, 6.07) is 5.72. The molecule has 7 heteroatoms. The normalized spacial score (nSPS) is 20.2. The van der Waals surface area contributed by atoms with Gasteiger partial charge in [0.25, 0.3) is 5.91 Å². The van der Waals surface area contributed by atoms with Crippen LogP contribution in [0.25, 0.3) is 0 Å². The Morgan fingerprint density at radius 2 is 2.27 bits per heavy atom. The van der Waals surface area contributed by atoms with Gasteiger partial charge in [-0.3, -0.25) is 4.79 Å². The zero-order chi connectivity index (χ0) is 18.7. The first kappa shape index (κ1) is 18.8. The summed E-state index contributed by atoms with van der Waals surface area (Å²) < 4.78 is 24.8. The number of nitrogens with one attached hydrogen (secondary N) is 1. The first-order valence-electron chi connectivity index (χ1n) is 8.72. The van der Waals surface area contributed by atoms with E-state index in [2.05, 4.69) is 24.1 Å². The smallest absolute Gasteiger partial charge is 0.263 e. The Morgan fingerprint density at radius 1 is 1.46 bits per heavy atom. The van der Waals surface area contributed by atoms with E-state index in [0.29, 0.717) is 30.3 Å². The lowest BCUT2D eigenvalue weighted by molar-refractivity contribution is -0.00293. The maximum absolute atomic E-state index is 13.4. The van der Waals surface area contributed by atoms with Gasteiger partial charge in [-0.15, -0.1) is 11.3 Å². The molecule has 0 radical (unpaired) electrons. The summed E-state index contributed by atoms with van der Waals surface area (Å²) in [5.74, 6) is 0.210. The zero-order valence-corrected chi connectivity index (χ0v) is 15.9. The standard InChI is InChI=1S/C19H23FN2O3S/c1-11(2)19-21-12(3)17(26-19)18(23)22-15-10-24-8-7-16(15)25-14-6-4-5-13(20)9-14/h4-6,9,11,15-16H,7-8,10H2,1-3H3,(H,22,23). The molecule has 2 atom stereocenters. The second-order valence-corrected chi connectivity index (χ2v) is 7.71. The van der Waals surface area contributed by atoms with Gasteiger partial charge in [0, 0.05) is 18.4 Å². The molecule has 1 aromatic heterocycles. The number of hydrogen-bond donors (Lipinski definition) is 1. The monoisotopic (exact) mass is 378 g/mol. The molecule has 1 aliphatic heterocycles. The number of hydrogen-bond acceptors (Lipinski definition) is 5. The fourth-order valence-corrected chi connectivity index (χ4v) is 3.79. The van der Waals surface area contributed by atoms with Gasteiger partial charge in [0.05, 0.1) is 30.0 Å². The molecule has 2 aromatic rings. The highest BCUT2D eigenvalue weighted by atomic mass is 32.1. The number of ether oxygens (including phenoxy) is 2. The lowest BCUT2D eigenvalue weighted by atomic mass is 10.1. The van der Waals surface area contributed by atoms with Gasteiger partial charge >= 0.3 is 0 Å². The number of halogens is 1. The molecule has 140 valence electrons. The van der Waals surface area contributed by atoms with Crippen molar-refractivity contribution < 1.29 is 18.7 Å². The first-order chi connectivity index (χ1) is 12.4. The second-order valence-electron chi connectivity index (χ2n) is 6.68. The number of carbonyl (C=O) groups is 1. The number of nitrogens with zero attached hydrogens (tertiary/aromatic N) is 1. The molecule has 5 nitrogen and oxygen atoms in total. The van der Waals surface area contributed by atoms with Crippen LogP contribution in [0, 0.1) is 12.7 Å². The van der Waals surface area contributed by atoms with Gasteiger partial charge in [0.2, 0.25) is 0 Å². The number of rotatable bonds is 5. The third-order valence-electron chi connectivity index (χ3n) is 4.21. The van der Waals surface area contributed by atoms with Crippen LogP contribution in [0.1, 0.15) is 46.6 Å². The van der Waals surface area contributed by atoms with Crippen LogP contribution in [0.5, 0.6) is 5.75 Å². The van der Waals surface area contributed by atoms with Gasteiger partial charge in [-0.05, 0) is 19.1 Å². The molecule has 1 fully saturated rings. The van der Waals surface area contributed by atoms with Crippen molar-refractivity contribution in [1.82, 2.24) is 10.3 Å². The Hall–Kier alpha value is -1.99. The lowest BCUT2D eigenvalue weighted by Crippen LogP contribution is -2.51. The summed E-state index contributed by atoms with van der Waals surface area (Å²) in [4.78, 5) is 17.8. The van der Waals surface area contributed by atoms with Crippen LogP contribution in [-0.4, -0.2) is 36.3 Å². The molecule has 3 rings (SSSR count). The Bertz CT molecular complexity index is 778. The maximum Gasteiger partial charge on any atom is 0.263 e. The van der Waals surface area contributed by atoms with Gasteiger partial charge in [-0.25, -0.2) is 9.37 Å². The molecule has 26 heavy (non-hydrogen) atoms. The fraction of sp³-hybridized carbons (Fsp3) is 0.474. The molecule has 2 unspecified atom stereocenters. The number of carbonyl (C=O) groups excluding carboxylic acids is 1. The second kappa shape index (κ2) is 8.14. The van der Waals surface area contributed by atoms with E-state index in [1.807, 2.05) is 6.92 Å². The molecule has 0 bridgehead atoms. The molecule has 2 heterocycles. The average molecular weight is 378 g/mol. The van der Waals surface area contributed by atoms with Gasteiger partial charge in [0.15, 0.2) is 0 Å². The van der Waals surface area contributed by atoms with Crippen LogP contribution in [0.2, 0.25) is 0 Å². The average Bonchev–Trinajstić information content (AvgIpc) is 2.99. The van der Waals surface area contributed by atoms with Crippen LogP contribution in [0.4, 0.5) is 4.39 Å². The highest BCUT2D eigenvalue weighted by Crippen LogP contribution is 2.25. The van der Waals surface area contributed by atoms with Crippen LogP contribution in [0.3, 0.4) is 0 Å². The lowest BCUT2D eigenvalue weighted by Gasteiger charge is -2.32. The maximum atomic E-state index is 13.4. The third kappa shape index (κ3) is 4.40. The third-order valence-corrected chi connectivity index (χ3v) is 5.66. The summed E-state index contributed by atoms with van der Waals surface area (Å²) >= 11 is 1.42. The largest absolute Gasteiger partial charge is 0.488 e.